The molecule has 1 aromatic rings. The summed E-state index contributed by atoms with van der Waals surface area (Å²) >= 11 is 12.8. The van der Waals surface area contributed by atoms with E-state index in [1.54, 1.807) is 0 Å². The third kappa shape index (κ3) is 4.85. The SMILES string of the molecule is CC(=O)SCCC(O)C(O)c1cc(Cl)c(N)c(Cl)c1. The van der Waals surface area contributed by atoms with Gasteiger partial charge in [0.2, 0.25) is 0 Å². The van der Waals surface area contributed by atoms with Gasteiger partial charge in [0.05, 0.1) is 21.8 Å². The van der Waals surface area contributed by atoms with Crippen molar-refractivity contribution in [3.8, 4) is 0 Å². The van der Waals surface area contributed by atoms with Gasteiger partial charge in [-0.3, -0.25) is 4.79 Å². The smallest absolute Gasteiger partial charge is 0.185 e. The van der Waals surface area contributed by atoms with E-state index in [4.69, 9.17) is 28.9 Å². The number of halogens is 2. The first kappa shape index (κ1) is 16.6. The van der Waals surface area contributed by atoms with Crippen molar-refractivity contribution in [2.75, 3.05) is 11.5 Å². The molecule has 4 N–H and O–H groups in total. The van der Waals surface area contributed by atoms with Gasteiger partial charge in [-0.25, -0.2) is 0 Å². The van der Waals surface area contributed by atoms with E-state index in [2.05, 4.69) is 0 Å². The lowest BCUT2D eigenvalue weighted by atomic mass is 10.0. The quantitative estimate of drug-likeness (QED) is 0.725. The number of anilines is 1. The Morgan fingerprint density at radius 2 is 1.89 bits per heavy atom. The highest BCUT2D eigenvalue weighted by Crippen LogP contribution is 2.32. The van der Waals surface area contributed by atoms with Crippen molar-refractivity contribution < 1.29 is 15.0 Å². The molecule has 2 atom stereocenters. The third-order valence-corrected chi connectivity index (χ3v) is 4.00. The van der Waals surface area contributed by atoms with E-state index in [1.807, 2.05) is 0 Å². The highest BCUT2D eigenvalue weighted by molar-refractivity contribution is 8.13. The second-order valence-corrected chi connectivity index (χ2v) is 6.13. The van der Waals surface area contributed by atoms with E-state index in [0.29, 0.717) is 11.3 Å². The van der Waals surface area contributed by atoms with Crippen molar-refractivity contribution >= 4 is 45.8 Å². The predicted molar refractivity (Wildman–Crippen MR) is 79.6 cm³/mol. The maximum atomic E-state index is 10.8. The molecule has 19 heavy (non-hydrogen) atoms. The molecular weight excluding hydrogens is 309 g/mol. The van der Waals surface area contributed by atoms with Gasteiger partial charge >= 0.3 is 0 Å². The molecule has 0 saturated carbocycles. The van der Waals surface area contributed by atoms with Crippen molar-refractivity contribution in [3.63, 3.8) is 0 Å². The zero-order valence-electron chi connectivity index (χ0n) is 10.3. The van der Waals surface area contributed by atoms with E-state index in [-0.39, 0.29) is 27.3 Å². The number of thioether (sulfide) groups is 1. The predicted octanol–water partition coefficient (Wildman–Crippen LogP) is 2.64. The van der Waals surface area contributed by atoms with E-state index >= 15 is 0 Å². The van der Waals surface area contributed by atoms with Crippen LogP contribution in [0.1, 0.15) is 25.0 Å². The van der Waals surface area contributed by atoms with E-state index in [1.165, 1.54) is 19.1 Å². The molecule has 1 rings (SSSR count). The van der Waals surface area contributed by atoms with Crippen LogP contribution < -0.4 is 5.73 Å². The van der Waals surface area contributed by atoms with Crippen LogP contribution in [0.4, 0.5) is 5.69 Å². The third-order valence-electron chi connectivity index (χ3n) is 2.53. The summed E-state index contributed by atoms with van der Waals surface area (Å²) in [6, 6.07) is 2.93. The number of hydrogen-bond donors (Lipinski definition) is 3. The molecule has 2 unspecified atom stereocenters. The van der Waals surface area contributed by atoms with Gasteiger partial charge in [0.15, 0.2) is 5.12 Å². The van der Waals surface area contributed by atoms with Gasteiger partial charge in [0, 0.05) is 12.7 Å². The fourth-order valence-corrected chi connectivity index (χ4v) is 2.63. The molecule has 0 aliphatic heterocycles. The normalized spacial score (nSPS) is 14.2. The molecule has 7 heteroatoms. The molecule has 0 radical (unpaired) electrons. The topological polar surface area (TPSA) is 83.5 Å². The van der Waals surface area contributed by atoms with Crippen LogP contribution in [0.2, 0.25) is 10.0 Å². The monoisotopic (exact) mass is 323 g/mol. The standard InChI is InChI=1S/C12H15Cl2NO3S/c1-6(16)19-3-2-10(17)12(18)7-4-8(13)11(15)9(14)5-7/h4-5,10,12,17-18H,2-3,15H2,1H3. The number of nitrogen functional groups attached to an aromatic ring is 1. The van der Waals surface area contributed by atoms with Gasteiger partial charge in [-0.15, -0.1) is 0 Å². The average molecular weight is 324 g/mol. The Hall–Kier alpha value is -0.460. The summed E-state index contributed by atoms with van der Waals surface area (Å²) in [5, 5.41) is 20.3. The Kier molecular flexibility index (Phi) is 6.42. The van der Waals surface area contributed by atoms with Gasteiger partial charge in [-0.2, -0.15) is 0 Å². The van der Waals surface area contributed by atoms with Crippen molar-refractivity contribution in [1.29, 1.82) is 0 Å². The molecule has 0 spiro atoms. The Morgan fingerprint density at radius 1 is 1.37 bits per heavy atom. The summed E-state index contributed by atoms with van der Waals surface area (Å²) in [7, 11) is 0. The average Bonchev–Trinajstić information content (AvgIpc) is 2.33. The first-order chi connectivity index (χ1) is 8.82. The van der Waals surface area contributed by atoms with E-state index < -0.39 is 12.2 Å². The summed E-state index contributed by atoms with van der Waals surface area (Å²) in [5.41, 5.74) is 6.22. The minimum Gasteiger partial charge on any atom is -0.396 e. The highest BCUT2D eigenvalue weighted by Gasteiger charge is 2.20. The van der Waals surface area contributed by atoms with E-state index in [9.17, 15) is 15.0 Å². The van der Waals surface area contributed by atoms with Gasteiger partial charge in [0.1, 0.15) is 6.10 Å². The van der Waals surface area contributed by atoms with Crippen molar-refractivity contribution in [2.45, 2.75) is 25.6 Å². The lowest BCUT2D eigenvalue weighted by Crippen LogP contribution is -2.19. The van der Waals surface area contributed by atoms with Gasteiger partial charge in [-0.05, 0) is 24.1 Å². The number of hydrogen-bond acceptors (Lipinski definition) is 5. The van der Waals surface area contributed by atoms with Crippen LogP contribution in [0.25, 0.3) is 0 Å². The van der Waals surface area contributed by atoms with Gasteiger partial charge in [-0.1, -0.05) is 35.0 Å². The van der Waals surface area contributed by atoms with Crippen LogP contribution in [-0.2, 0) is 4.79 Å². The minimum atomic E-state index is -1.12. The minimum absolute atomic E-state index is 0.0275. The number of nitrogens with two attached hydrogens (primary N) is 1. The first-order valence-corrected chi connectivity index (χ1v) is 7.31. The zero-order valence-corrected chi connectivity index (χ0v) is 12.6. The summed E-state index contributed by atoms with van der Waals surface area (Å²) in [4.78, 5) is 10.8. The molecule has 0 fully saturated rings. The molecule has 0 heterocycles. The van der Waals surface area contributed by atoms with E-state index in [0.717, 1.165) is 11.8 Å². The first-order valence-electron chi connectivity index (χ1n) is 5.56. The molecule has 0 saturated heterocycles. The summed E-state index contributed by atoms with van der Waals surface area (Å²) in [5.74, 6) is 0.435. The Labute approximate surface area is 125 Å². The lowest BCUT2D eigenvalue weighted by molar-refractivity contribution is -0.109. The summed E-state index contributed by atoms with van der Waals surface area (Å²) in [6.07, 6.45) is -1.84. The van der Waals surface area contributed by atoms with Crippen LogP contribution in [0.3, 0.4) is 0 Å². The maximum absolute atomic E-state index is 10.8. The molecule has 0 aliphatic carbocycles. The number of rotatable bonds is 5. The van der Waals surface area contributed by atoms with Crippen LogP contribution in [0.15, 0.2) is 12.1 Å². The molecule has 106 valence electrons. The van der Waals surface area contributed by atoms with Crippen LogP contribution in [0, 0.1) is 0 Å². The molecule has 4 nitrogen and oxygen atoms in total. The second-order valence-electron chi connectivity index (χ2n) is 4.04. The van der Waals surface area contributed by atoms with Crippen LogP contribution in [-0.4, -0.2) is 27.2 Å². The Balaban J connectivity index is 2.71. The van der Waals surface area contributed by atoms with Gasteiger partial charge < -0.3 is 15.9 Å². The molecular formula is C12H15Cl2NO3S. The summed E-state index contributed by atoms with van der Waals surface area (Å²) < 4.78 is 0. The Bertz CT molecular complexity index is 447. The van der Waals surface area contributed by atoms with Crippen molar-refractivity contribution in [1.82, 2.24) is 0 Å². The number of aliphatic hydroxyl groups is 2. The fraction of sp³-hybridized carbons (Fsp3) is 0.417. The number of aliphatic hydroxyl groups excluding tert-OH is 2. The number of benzene rings is 1. The van der Waals surface area contributed by atoms with Gasteiger partial charge in [0.25, 0.3) is 0 Å². The number of carbonyl (C=O) groups is 1. The summed E-state index contributed by atoms with van der Waals surface area (Å²) in [6.45, 7) is 1.45. The second kappa shape index (κ2) is 7.36. The van der Waals surface area contributed by atoms with Crippen molar-refractivity contribution in [2.24, 2.45) is 0 Å². The highest BCUT2D eigenvalue weighted by atomic mass is 35.5. The molecule has 0 bridgehead atoms. The Morgan fingerprint density at radius 3 is 2.37 bits per heavy atom. The number of carbonyl (C=O) groups excluding carboxylic acids is 1. The lowest BCUT2D eigenvalue weighted by Gasteiger charge is -2.19. The maximum Gasteiger partial charge on any atom is 0.185 e. The van der Waals surface area contributed by atoms with Crippen molar-refractivity contribution in [3.05, 3.63) is 27.7 Å². The molecule has 1 aromatic carbocycles. The zero-order chi connectivity index (χ0) is 14.6. The van der Waals surface area contributed by atoms with Crippen LogP contribution in [0.5, 0.6) is 0 Å². The molecule has 0 amide bonds. The largest absolute Gasteiger partial charge is 0.396 e. The molecule has 0 aromatic heterocycles. The molecule has 0 aliphatic rings. The van der Waals surface area contributed by atoms with Crippen LogP contribution >= 0.6 is 35.0 Å². The fourth-order valence-electron chi connectivity index (χ4n) is 1.48.